The Morgan fingerprint density at radius 3 is 2.39 bits per heavy atom. The first-order valence-electron chi connectivity index (χ1n) is 9.78. The van der Waals surface area contributed by atoms with Crippen molar-refractivity contribution < 1.29 is 22.0 Å². The molecule has 2 atom stereocenters. The van der Waals surface area contributed by atoms with Crippen molar-refractivity contribution in [1.29, 1.82) is 0 Å². The Labute approximate surface area is 173 Å². The second kappa shape index (κ2) is 7.27. The summed E-state index contributed by atoms with van der Waals surface area (Å²) in [6.45, 7) is 1.61. The van der Waals surface area contributed by atoms with Crippen molar-refractivity contribution in [3.8, 4) is 0 Å². The molecular formula is C19H18F5N7. The Morgan fingerprint density at radius 1 is 1.00 bits per heavy atom. The zero-order chi connectivity index (χ0) is 21.8. The van der Waals surface area contributed by atoms with Crippen LogP contribution in [0.1, 0.15) is 5.69 Å². The van der Waals surface area contributed by atoms with Crippen LogP contribution in [0.5, 0.6) is 0 Å². The summed E-state index contributed by atoms with van der Waals surface area (Å²) < 4.78 is 66.6. The second-order valence-electron chi connectivity index (χ2n) is 7.85. The highest BCUT2D eigenvalue weighted by molar-refractivity contribution is 5.71. The van der Waals surface area contributed by atoms with Crippen molar-refractivity contribution in [3.05, 3.63) is 36.4 Å². The monoisotopic (exact) mass is 439 g/mol. The van der Waals surface area contributed by atoms with E-state index in [9.17, 15) is 22.0 Å². The number of aromatic nitrogens is 5. The van der Waals surface area contributed by atoms with Crippen LogP contribution >= 0.6 is 0 Å². The molecule has 0 radical (unpaired) electrons. The summed E-state index contributed by atoms with van der Waals surface area (Å²) in [4.78, 5) is 16.1. The summed E-state index contributed by atoms with van der Waals surface area (Å²) in [5, 5.41) is 3.92. The molecule has 0 amide bonds. The highest BCUT2D eigenvalue weighted by atomic mass is 19.4. The molecule has 0 saturated carbocycles. The maximum Gasteiger partial charge on any atom is 0.435 e. The van der Waals surface area contributed by atoms with Crippen LogP contribution < -0.4 is 9.80 Å². The first-order valence-corrected chi connectivity index (χ1v) is 9.78. The molecule has 31 heavy (non-hydrogen) atoms. The van der Waals surface area contributed by atoms with Gasteiger partial charge in [-0.05, 0) is 12.1 Å². The minimum Gasteiger partial charge on any atom is -0.369 e. The number of hydrogen-bond donors (Lipinski definition) is 0. The summed E-state index contributed by atoms with van der Waals surface area (Å²) in [7, 11) is 0. The Kier molecular flexibility index (Phi) is 4.67. The zero-order valence-corrected chi connectivity index (χ0v) is 16.2. The van der Waals surface area contributed by atoms with E-state index in [0.717, 1.165) is 10.9 Å². The number of alkyl halides is 5. The van der Waals surface area contributed by atoms with Gasteiger partial charge >= 0.3 is 6.18 Å². The van der Waals surface area contributed by atoms with Gasteiger partial charge in [-0.3, -0.25) is 0 Å². The number of pyridine rings is 1. The van der Waals surface area contributed by atoms with Gasteiger partial charge in [0.15, 0.2) is 11.3 Å². The summed E-state index contributed by atoms with van der Waals surface area (Å²) in [6.07, 6.45) is -2.93. The molecule has 0 aliphatic carbocycles. The number of anilines is 2. The van der Waals surface area contributed by atoms with E-state index in [0.29, 0.717) is 43.2 Å². The second-order valence-corrected chi connectivity index (χ2v) is 7.85. The molecule has 5 heterocycles. The third-order valence-corrected chi connectivity index (χ3v) is 5.85. The van der Waals surface area contributed by atoms with Gasteiger partial charge in [-0.1, -0.05) is 0 Å². The summed E-state index contributed by atoms with van der Waals surface area (Å²) in [6, 6.07) is 2.97. The number of halogens is 5. The minimum atomic E-state index is -4.51. The number of rotatable bonds is 4. The fourth-order valence-corrected chi connectivity index (χ4v) is 4.50. The Hall–Kier alpha value is -3.05. The van der Waals surface area contributed by atoms with Gasteiger partial charge in [-0.2, -0.15) is 18.3 Å². The van der Waals surface area contributed by atoms with Gasteiger partial charge in [0.1, 0.15) is 17.9 Å². The van der Waals surface area contributed by atoms with Gasteiger partial charge in [-0.25, -0.2) is 28.4 Å². The van der Waals surface area contributed by atoms with Gasteiger partial charge < -0.3 is 9.80 Å². The molecule has 3 aromatic rings. The van der Waals surface area contributed by atoms with Gasteiger partial charge in [0.2, 0.25) is 0 Å². The van der Waals surface area contributed by atoms with Crippen molar-refractivity contribution in [2.24, 2.45) is 11.8 Å². The van der Waals surface area contributed by atoms with Gasteiger partial charge in [-0.15, -0.1) is 0 Å². The highest BCUT2D eigenvalue weighted by Crippen LogP contribution is 2.40. The number of nitrogens with zero attached hydrogens (tertiary/aromatic N) is 7. The molecule has 7 nitrogen and oxygen atoms in total. The van der Waals surface area contributed by atoms with E-state index in [1.807, 2.05) is 4.90 Å². The molecule has 2 saturated heterocycles. The fourth-order valence-electron chi connectivity index (χ4n) is 4.50. The number of hydrogen-bond acceptors (Lipinski definition) is 6. The predicted octanol–water partition coefficient (Wildman–Crippen LogP) is 3.08. The van der Waals surface area contributed by atoms with E-state index >= 15 is 0 Å². The van der Waals surface area contributed by atoms with Crippen LogP contribution in [-0.2, 0) is 12.7 Å². The fraction of sp³-hybridized carbons (Fsp3) is 0.474. The molecule has 0 spiro atoms. The molecule has 0 bridgehead atoms. The highest BCUT2D eigenvalue weighted by Gasteiger charge is 2.44. The van der Waals surface area contributed by atoms with E-state index in [2.05, 4.69) is 20.1 Å². The van der Waals surface area contributed by atoms with Crippen LogP contribution in [0.25, 0.3) is 11.2 Å². The van der Waals surface area contributed by atoms with Crippen LogP contribution in [0.4, 0.5) is 33.5 Å². The minimum absolute atomic E-state index is 0.105. The van der Waals surface area contributed by atoms with E-state index in [4.69, 9.17) is 0 Å². The quantitative estimate of drug-likeness (QED) is 0.583. The van der Waals surface area contributed by atoms with Crippen LogP contribution in [0.3, 0.4) is 0 Å². The van der Waals surface area contributed by atoms with Gasteiger partial charge in [0.25, 0.3) is 6.43 Å². The molecule has 164 valence electrons. The van der Waals surface area contributed by atoms with Crippen LogP contribution in [0.2, 0.25) is 0 Å². The topological polar surface area (TPSA) is 63.0 Å². The van der Waals surface area contributed by atoms with E-state index in [-0.39, 0.29) is 17.5 Å². The molecule has 5 rings (SSSR count). The molecule has 2 aliphatic heterocycles. The first kappa shape index (κ1) is 19.9. The summed E-state index contributed by atoms with van der Waals surface area (Å²) >= 11 is 0. The van der Waals surface area contributed by atoms with E-state index in [1.165, 1.54) is 18.3 Å². The zero-order valence-electron chi connectivity index (χ0n) is 16.2. The smallest absolute Gasteiger partial charge is 0.369 e. The molecule has 0 unspecified atom stereocenters. The summed E-state index contributed by atoms with van der Waals surface area (Å²) in [5.41, 5.74) is -0.0311. The van der Waals surface area contributed by atoms with Crippen molar-refractivity contribution in [2.75, 3.05) is 36.0 Å². The molecule has 2 aliphatic rings. The molecule has 0 N–H and O–H groups in total. The van der Waals surface area contributed by atoms with E-state index in [1.54, 1.807) is 11.1 Å². The average Bonchev–Trinajstić information content (AvgIpc) is 3.40. The Balaban J connectivity index is 1.33. The molecule has 0 aromatic carbocycles. The lowest BCUT2D eigenvalue weighted by molar-refractivity contribution is -0.140. The number of fused-ring (bicyclic) bond motifs is 2. The van der Waals surface area contributed by atoms with Crippen molar-refractivity contribution in [2.45, 2.75) is 19.1 Å². The van der Waals surface area contributed by atoms with E-state index < -0.39 is 24.8 Å². The van der Waals surface area contributed by atoms with Crippen LogP contribution in [0, 0.1) is 11.8 Å². The predicted molar refractivity (Wildman–Crippen MR) is 102 cm³/mol. The van der Waals surface area contributed by atoms with Gasteiger partial charge in [0, 0.05) is 44.2 Å². The lowest BCUT2D eigenvalue weighted by Crippen LogP contribution is -2.30. The Bertz CT molecular complexity index is 1080. The Morgan fingerprint density at radius 2 is 1.71 bits per heavy atom. The average molecular weight is 439 g/mol. The largest absolute Gasteiger partial charge is 0.435 e. The summed E-state index contributed by atoms with van der Waals surface area (Å²) in [5.74, 6) is 0.872. The van der Waals surface area contributed by atoms with Crippen molar-refractivity contribution in [3.63, 3.8) is 0 Å². The maximum atomic E-state index is 13.3. The lowest BCUT2D eigenvalue weighted by atomic mass is 10.0. The van der Waals surface area contributed by atoms with Crippen molar-refractivity contribution >= 4 is 22.7 Å². The molecule has 3 aromatic heterocycles. The van der Waals surface area contributed by atoms with Crippen LogP contribution in [0.15, 0.2) is 30.7 Å². The van der Waals surface area contributed by atoms with Crippen LogP contribution in [-0.4, -0.2) is 57.3 Å². The third-order valence-electron chi connectivity index (χ3n) is 5.85. The molecular weight excluding hydrogens is 421 g/mol. The molecule has 2 fully saturated rings. The maximum absolute atomic E-state index is 13.3. The standard InChI is InChI=1S/C19H18F5N7/c20-15(21)10-31-18-13(4-27-31)26-5-16(28-18)30-8-11-6-29(7-12(11)9-30)14-2-1-3-25-17(14)19(22,23)24/h1-5,11-12,15H,6-10H2/t11-,12-/m1/s1. The van der Waals surface area contributed by atoms with Gasteiger partial charge in [0.05, 0.1) is 18.1 Å². The molecule has 12 heteroatoms. The SMILES string of the molecule is FC(F)Cn1ncc2ncc(N3C[C@H]4CN(c5cccnc5C(F)(F)F)C[C@@H]4C3)nc21. The first-order chi connectivity index (χ1) is 14.8. The van der Waals surface area contributed by atoms with Crippen molar-refractivity contribution in [1.82, 2.24) is 24.7 Å². The lowest BCUT2D eigenvalue weighted by Gasteiger charge is -2.25. The normalized spacial score (nSPS) is 21.5. The third kappa shape index (κ3) is 3.63.